The third-order valence-electron chi connectivity index (χ3n) is 3.04. The molecule has 22 heavy (non-hydrogen) atoms. The van der Waals surface area contributed by atoms with Crippen LogP contribution >= 0.6 is 22.9 Å². The minimum absolute atomic E-state index is 0.0186. The molecule has 1 heterocycles. The molecule has 0 aliphatic rings. The van der Waals surface area contributed by atoms with Gasteiger partial charge in [0.05, 0.1) is 21.6 Å². The Hall–Kier alpha value is -1.96. The molecule has 6 nitrogen and oxygen atoms in total. The quantitative estimate of drug-likeness (QED) is 0.624. The molecule has 2 aromatic rings. The number of nitrogens with zero attached hydrogens (tertiary/aromatic N) is 1. The Morgan fingerprint density at radius 1 is 1.45 bits per heavy atom. The Morgan fingerprint density at radius 3 is 2.82 bits per heavy atom. The molecule has 0 radical (unpaired) electrons. The number of hydrogen-bond donors (Lipinski definition) is 2. The van der Waals surface area contributed by atoms with Crippen LogP contribution in [0.2, 0.25) is 5.02 Å². The van der Waals surface area contributed by atoms with E-state index in [4.69, 9.17) is 11.6 Å². The summed E-state index contributed by atoms with van der Waals surface area (Å²) in [5, 5.41) is 26.9. The standard InChI is InChI=1S/C14H13ClN2O4S/c15-12-7-10(17(20)21)1-2-11(12)14(19)16-5-3-13(18)9-4-6-22-8-9/h1-2,4,6-8,13,18H,3,5H2,(H,16,19). The average molecular weight is 341 g/mol. The van der Waals surface area contributed by atoms with Gasteiger partial charge in [0, 0.05) is 18.7 Å². The van der Waals surface area contributed by atoms with Gasteiger partial charge in [-0.05, 0) is 34.9 Å². The highest BCUT2D eigenvalue weighted by atomic mass is 35.5. The minimum Gasteiger partial charge on any atom is -0.388 e. The van der Waals surface area contributed by atoms with Gasteiger partial charge in [0.2, 0.25) is 0 Å². The smallest absolute Gasteiger partial charge is 0.270 e. The molecule has 1 amide bonds. The van der Waals surface area contributed by atoms with Gasteiger partial charge >= 0.3 is 0 Å². The number of hydrogen-bond acceptors (Lipinski definition) is 5. The van der Waals surface area contributed by atoms with Crippen molar-refractivity contribution < 1.29 is 14.8 Å². The molecule has 0 aliphatic carbocycles. The fourth-order valence-electron chi connectivity index (χ4n) is 1.85. The highest BCUT2D eigenvalue weighted by Gasteiger charge is 2.15. The van der Waals surface area contributed by atoms with Gasteiger partial charge in [-0.1, -0.05) is 11.6 Å². The lowest BCUT2D eigenvalue weighted by Gasteiger charge is -2.10. The number of nitro benzene ring substituents is 1. The number of aliphatic hydroxyl groups is 1. The van der Waals surface area contributed by atoms with Crippen molar-refractivity contribution in [2.24, 2.45) is 0 Å². The molecule has 1 atom stereocenters. The van der Waals surface area contributed by atoms with Gasteiger partial charge in [0.25, 0.3) is 11.6 Å². The topological polar surface area (TPSA) is 92.5 Å². The number of aliphatic hydroxyl groups excluding tert-OH is 1. The zero-order chi connectivity index (χ0) is 16.1. The van der Waals surface area contributed by atoms with E-state index in [1.807, 2.05) is 16.8 Å². The molecule has 0 aliphatic heterocycles. The van der Waals surface area contributed by atoms with Crippen molar-refractivity contribution in [2.45, 2.75) is 12.5 Å². The summed E-state index contributed by atoms with van der Waals surface area (Å²) in [5.74, 6) is -0.433. The number of non-ortho nitro benzene ring substituents is 1. The Kier molecular flexibility index (Phi) is 5.48. The monoisotopic (exact) mass is 340 g/mol. The fraction of sp³-hybridized carbons (Fsp3) is 0.214. The van der Waals surface area contributed by atoms with E-state index in [0.29, 0.717) is 6.42 Å². The molecule has 1 aromatic carbocycles. The molecular formula is C14H13ClN2O4S. The summed E-state index contributed by atoms with van der Waals surface area (Å²) in [4.78, 5) is 22.0. The molecule has 116 valence electrons. The van der Waals surface area contributed by atoms with Crippen LogP contribution in [0.1, 0.15) is 28.4 Å². The first-order valence-corrected chi connectivity index (χ1v) is 7.73. The van der Waals surface area contributed by atoms with Crippen molar-refractivity contribution in [3.63, 3.8) is 0 Å². The van der Waals surface area contributed by atoms with Crippen molar-refractivity contribution in [2.75, 3.05) is 6.54 Å². The van der Waals surface area contributed by atoms with Crippen molar-refractivity contribution in [1.82, 2.24) is 5.32 Å². The van der Waals surface area contributed by atoms with E-state index in [0.717, 1.165) is 11.6 Å². The Bertz CT molecular complexity index is 675. The molecule has 2 N–H and O–H groups in total. The first kappa shape index (κ1) is 16.4. The second-order valence-corrected chi connectivity index (χ2v) is 5.73. The number of nitrogens with one attached hydrogen (secondary N) is 1. The summed E-state index contributed by atoms with van der Waals surface area (Å²) >= 11 is 7.37. The van der Waals surface area contributed by atoms with Crippen LogP contribution in [0.25, 0.3) is 0 Å². The van der Waals surface area contributed by atoms with E-state index in [1.54, 1.807) is 0 Å². The van der Waals surface area contributed by atoms with Crippen LogP contribution in [0.3, 0.4) is 0 Å². The molecule has 0 spiro atoms. The molecule has 0 saturated heterocycles. The molecule has 1 aromatic heterocycles. The number of carbonyl (C=O) groups excluding carboxylic acids is 1. The zero-order valence-corrected chi connectivity index (χ0v) is 12.9. The summed E-state index contributed by atoms with van der Waals surface area (Å²) in [5.41, 5.74) is 0.805. The first-order valence-electron chi connectivity index (χ1n) is 6.41. The van der Waals surface area contributed by atoms with Crippen molar-refractivity contribution in [3.8, 4) is 0 Å². The van der Waals surface area contributed by atoms with E-state index >= 15 is 0 Å². The second kappa shape index (κ2) is 7.35. The van der Waals surface area contributed by atoms with Gasteiger partial charge in [-0.25, -0.2) is 0 Å². The van der Waals surface area contributed by atoms with Crippen LogP contribution in [-0.2, 0) is 0 Å². The third kappa shape index (κ3) is 4.03. The zero-order valence-electron chi connectivity index (χ0n) is 11.4. The maximum Gasteiger partial charge on any atom is 0.270 e. The lowest BCUT2D eigenvalue weighted by atomic mass is 10.1. The number of halogens is 1. The van der Waals surface area contributed by atoms with E-state index in [2.05, 4.69) is 5.32 Å². The van der Waals surface area contributed by atoms with E-state index in [9.17, 15) is 20.0 Å². The van der Waals surface area contributed by atoms with Crippen molar-refractivity contribution >= 4 is 34.5 Å². The Labute approximate surface area is 135 Å². The van der Waals surface area contributed by atoms with Crippen molar-refractivity contribution in [1.29, 1.82) is 0 Å². The Morgan fingerprint density at radius 2 is 2.23 bits per heavy atom. The van der Waals surface area contributed by atoms with Crippen LogP contribution in [0.5, 0.6) is 0 Å². The van der Waals surface area contributed by atoms with Crippen molar-refractivity contribution in [3.05, 3.63) is 61.3 Å². The number of benzene rings is 1. The first-order chi connectivity index (χ1) is 10.5. The summed E-state index contributed by atoms with van der Waals surface area (Å²) in [6, 6.07) is 5.49. The van der Waals surface area contributed by atoms with E-state index in [1.165, 1.54) is 23.5 Å². The Balaban J connectivity index is 1.91. The molecule has 8 heteroatoms. The van der Waals surface area contributed by atoms with E-state index < -0.39 is 16.9 Å². The maximum absolute atomic E-state index is 12.0. The van der Waals surface area contributed by atoms with Crippen LogP contribution in [0.15, 0.2) is 35.0 Å². The molecule has 0 saturated carbocycles. The predicted octanol–water partition coefficient (Wildman–Crippen LogP) is 3.16. The van der Waals surface area contributed by atoms with Gasteiger partial charge in [-0.2, -0.15) is 11.3 Å². The number of nitro groups is 1. The highest BCUT2D eigenvalue weighted by molar-refractivity contribution is 7.07. The summed E-state index contributed by atoms with van der Waals surface area (Å²) in [6.07, 6.45) is -0.272. The number of rotatable bonds is 6. The summed E-state index contributed by atoms with van der Waals surface area (Å²) in [6.45, 7) is 0.267. The van der Waals surface area contributed by atoms with Gasteiger partial charge < -0.3 is 10.4 Å². The normalized spacial score (nSPS) is 11.9. The van der Waals surface area contributed by atoms with E-state index in [-0.39, 0.29) is 22.8 Å². The summed E-state index contributed by atoms with van der Waals surface area (Å²) in [7, 11) is 0. The minimum atomic E-state index is -0.640. The van der Waals surface area contributed by atoms with Gasteiger partial charge in [0.1, 0.15) is 0 Å². The molecular weight excluding hydrogens is 328 g/mol. The molecule has 0 bridgehead atoms. The second-order valence-electron chi connectivity index (χ2n) is 4.54. The number of carbonyl (C=O) groups is 1. The van der Waals surface area contributed by atoms with Crippen LogP contribution in [0, 0.1) is 10.1 Å². The van der Waals surface area contributed by atoms with Gasteiger partial charge in [-0.15, -0.1) is 0 Å². The third-order valence-corrected chi connectivity index (χ3v) is 4.05. The lowest BCUT2D eigenvalue weighted by Crippen LogP contribution is -2.25. The SMILES string of the molecule is O=C(NCCC(O)c1ccsc1)c1ccc([N+](=O)[O-])cc1Cl. The molecule has 1 unspecified atom stereocenters. The molecule has 2 rings (SSSR count). The largest absolute Gasteiger partial charge is 0.388 e. The summed E-state index contributed by atoms with van der Waals surface area (Å²) < 4.78 is 0. The number of amides is 1. The van der Waals surface area contributed by atoms with Gasteiger partial charge in [0.15, 0.2) is 0 Å². The fourth-order valence-corrected chi connectivity index (χ4v) is 2.82. The molecule has 0 fully saturated rings. The number of thiophene rings is 1. The van der Waals surface area contributed by atoms with Gasteiger partial charge in [-0.3, -0.25) is 14.9 Å². The average Bonchev–Trinajstić information content (AvgIpc) is 3.01. The van der Waals surface area contributed by atoms with Crippen LogP contribution in [0.4, 0.5) is 5.69 Å². The van der Waals surface area contributed by atoms with Crippen LogP contribution in [-0.4, -0.2) is 22.5 Å². The lowest BCUT2D eigenvalue weighted by molar-refractivity contribution is -0.384. The maximum atomic E-state index is 12.0. The highest BCUT2D eigenvalue weighted by Crippen LogP contribution is 2.22. The van der Waals surface area contributed by atoms with Crippen LogP contribution < -0.4 is 5.32 Å². The predicted molar refractivity (Wildman–Crippen MR) is 84.3 cm³/mol.